The predicted molar refractivity (Wildman–Crippen MR) is 169 cm³/mol. The summed E-state index contributed by atoms with van der Waals surface area (Å²) in [5, 5.41) is 3.74. The Kier molecular flexibility index (Phi) is 11.9. The summed E-state index contributed by atoms with van der Waals surface area (Å²) >= 11 is 18.7. The van der Waals surface area contributed by atoms with E-state index in [1.807, 2.05) is 44.2 Å². The third-order valence-corrected chi connectivity index (χ3v) is 8.57. The fraction of sp³-hybridized carbons (Fsp3) is 0.333. The summed E-state index contributed by atoms with van der Waals surface area (Å²) in [5.74, 6) is -0.435. The zero-order valence-corrected chi connectivity index (χ0v) is 26.9. The molecule has 0 spiro atoms. The lowest BCUT2D eigenvalue weighted by molar-refractivity contribution is -0.140. The molecular weight excluding hydrogens is 621 g/mol. The van der Waals surface area contributed by atoms with Crippen molar-refractivity contribution in [1.29, 1.82) is 0 Å². The topological polar surface area (TPSA) is 96.0 Å². The first-order valence-corrected chi connectivity index (χ1v) is 16.1. The van der Waals surface area contributed by atoms with Gasteiger partial charge >= 0.3 is 0 Å². The van der Waals surface area contributed by atoms with Crippen LogP contribution in [0.4, 0.5) is 5.69 Å². The molecule has 0 aliphatic carbocycles. The van der Waals surface area contributed by atoms with Gasteiger partial charge in [-0.2, -0.15) is 0 Å². The second-order valence-electron chi connectivity index (χ2n) is 10.2. The molecule has 0 aliphatic heterocycles. The maximum Gasteiger partial charge on any atom is 0.244 e. The molecule has 3 rings (SSSR count). The highest BCUT2D eigenvalue weighted by molar-refractivity contribution is 7.92. The number of methoxy groups -OCH3 is 1. The maximum atomic E-state index is 14.1. The third-order valence-electron chi connectivity index (χ3n) is 6.40. The van der Waals surface area contributed by atoms with Gasteiger partial charge in [0.2, 0.25) is 21.8 Å². The lowest BCUT2D eigenvalue weighted by Crippen LogP contribution is -2.53. The Hall–Kier alpha value is -2.98. The zero-order chi connectivity index (χ0) is 31.0. The van der Waals surface area contributed by atoms with Crippen molar-refractivity contribution in [2.24, 2.45) is 5.92 Å². The number of hydrogen-bond acceptors (Lipinski definition) is 5. The van der Waals surface area contributed by atoms with E-state index in [2.05, 4.69) is 5.32 Å². The highest BCUT2D eigenvalue weighted by atomic mass is 35.5. The summed E-state index contributed by atoms with van der Waals surface area (Å²) in [6.07, 6.45) is 1.20. The Labute approximate surface area is 262 Å². The van der Waals surface area contributed by atoms with Gasteiger partial charge in [0.25, 0.3) is 0 Å². The number of ether oxygens (including phenoxy) is 1. The van der Waals surface area contributed by atoms with Crippen LogP contribution in [-0.4, -0.2) is 57.6 Å². The molecule has 0 aromatic heterocycles. The summed E-state index contributed by atoms with van der Waals surface area (Å²) in [7, 11) is -2.51. The van der Waals surface area contributed by atoms with Crippen molar-refractivity contribution in [1.82, 2.24) is 10.2 Å². The lowest BCUT2D eigenvalue weighted by atomic mass is 10.0. The molecule has 0 heterocycles. The van der Waals surface area contributed by atoms with Crippen LogP contribution in [0.2, 0.25) is 15.1 Å². The number of carbonyl (C=O) groups is 2. The first kappa shape index (κ1) is 33.5. The molecule has 8 nitrogen and oxygen atoms in total. The van der Waals surface area contributed by atoms with Crippen molar-refractivity contribution in [3.05, 3.63) is 92.9 Å². The molecular formula is C30H34Cl3N3O5S. The number of rotatable bonds is 13. The second-order valence-corrected chi connectivity index (χ2v) is 13.3. The van der Waals surface area contributed by atoms with Gasteiger partial charge in [0, 0.05) is 19.5 Å². The summed E-state index contributed by atoms with van der Waals surface area (Å²) in [5.41, 5.74) is 1.62. The van der Waals surface area contributed by atoms with E-state index in [0.717, 1.165) is 16.1 Å². The van der Waals surface area contributed by atoms with E-state index in [1.165, 1.54) is 30.2 Å². The van der Waals surface area contributed by atoms with Crippen LogP contribution in [0.15, 0.2) is 66.7 Å². The van der Waals surface area contributed by atoms with Crippen LogP contribution >= 0.6 is 34.8 Å². The molecule has 3 aromatic carbocycles. The number of carbonyl (C=O) groups excluding carboxylic acids is 2. The van der Waals surface area contributed by atoms with E-state index in [0.29, 0.717) is 22.9 Å². The van der Waals surface area contributed by atoms with Gasteiger partial charge in [0.1, 0.15) is 18.3 Å². The zero-order valence-electron chi connectivity index (χ0n) is 23.8. The van der Waals surface area contributed by atoms with Crippen LogP contribution in [0.5, 0.6) is 5.75 Å². The van der Waals surface area contributed by atoms with Crippen molar-refractivity contribution >= 4 is 62.3 Å². The second kappa shape index (κ2) is 15.0. The predicted octanol–water partition coefficient (Wildman–Crippen LogP) is 5.83. The Morgan fingerprint density at radius 2 is 1.60 bits per heavy atom. The van der Waals surface area contributed by atoms with E-state index < -0.39 is 28.5 Å². The number of nitrogens with one attached hydrogen (secondary N) is 1. The maximum absolute atomic E-state index is 14.1. The smallest absolute Gasteiger partial charge is 0.244 e. The van der Waals surface area contributed by atoms with E-state index >= 15 is 0 Å². The van der Waals surface area contributed by atoms with Crippen molar-refractivity contribution in [3.63, 3.8) is 0 Å². The quantitative estimate of drug-likeness (QED) is 0.250. The highest BCUT2D eigenvalue weighted by Gasteiger charge is 2.33. The number of nitrogens with zero attached hydrogens (tertiary/aromatic N) is 2. The minimum atomic E-state index is -3.95. The molecule has 1 atom stereocenters. The molecule has 0 radical (unpaired) electrons. The fourth-order valence-corrected chi connectivity index (χ4v) is 5.65. The number of benzene rings is 3. The summed E-state index contributed by atoms with van der Waals surface area (Å²) in [6.45, 7) is 3.73. The standard InChI is InChI=1S/C30H34Cl3N3O5S/c1-20(2)17-34-30(38)27(15-21-8-6-5-7-9-21)35(18-22-10-12-24(31)25(32)14-22)29(37)19-36(42(4,39)40)23-11-13-28(41-3)26(33)16-23/h5-14,16,20,27H,15,17-19H2,1-4H3,(H,34,38). The van der Waals surface area contributed by atoms with Crippen LogP contribution in [0.1, 0.15) is 25.0 Å². The monoisotopic (exact) mass is 653 g/mol. The normalized spacial score (nSPS) is 12.1. The number of anilines is 1. The molecule has 0 aliphatic rings. The molecule has 0 saturated carbocycles. The average molecular weight is 655 g/mol. The minimum Gasteiger partial charge on any atom is -0.495 e. The van der Waals surface area contributed by atoms with Gasteiger partial charge in [0.05, 0.1) is 34.1 Å². The third kappa shape index (κ3) is 9.26. The molecule has 2 amide bonds. The number of hydrogen-bond donors (Lipinski definition) is 1. The van der Waals surface area contributed by atoms with Crippen molar-refractivity contribution < 1.29 is 22.7 Å². The van der Waals surface area contributed by atoms with Gasteiger partial charge in [-0.25, -0.2) is 8.42 Å². The van der Waals surface area contributed by atoms with Gasteiger partial charge in [-0.05, 0) is 47.4 Å². The Bertz CT molecular complexity index is 1500. The molecule has 12 heteroatoms. The van der Waals surface area contributed by atoms with Gasteiger partial charge < -0.3 is 15.0 Å². The molecule has 1 unspecified atom stereocenters. The summed E-state index contributed by atoms with van der Waals surface area (Å²) in [4.78, 5) is 29.2. The molecule has 0 saturated heterocycles. The molecule has 0 bridgehead atoms. The molecule has 1 N–H and O–H groups in total. The van der Waals surface area contributed by atoms with Crippen LogP contribution in [0, 0.1) is 5.92 Å². The average Bonchev–Trinajstić information content (AvgIpc) is 2.93. The Morgan fingerprint density at radius 1 is 0.905 bits per heavy atom. The Balaban J connectivity index is 2.08. The van der Waals surface area contributed by atoms with E-state index in [-0.39, 0.29) is 40.5 Å². The lowest BCUT2D eigenvalue weighted by Gasteiger charge is -2.33. The van der Waals surface area contributed by atoms with E-state index in [4.69, 9.17) is 39.5 Å². The van der Waals surface area contributed by atoms with Crippen LogP contribution in [-0.2, 0) is 32.6 Å². The minimum absolute atomic E-state index is 0.0245. The van der Waals surface area contributed by atoms with Crippen molar-refractivity contribution in [3.8, 4) is 5.75 Å². The summed E-state index contributed by atoms with van der Waals surface area (Å²) in [6, 6.07) is 17.7. The van der Waals surface area contributed by atoms with Crippen molar-refractivity contribution in [2.75, 3.05) is 30.8 Å². The van der Waals surface area contributed by atoms with Gasteiger partial charge in [-0.3, -0.25) is 13.9 Å². The Morgan fingerprint density at radius 3 is 2.17 bits per heavy atom. The van der Waals surface area contributed by atoms with Crippen molar-refractivity contribution in [2.45, 2.75) is 32.9 Å². The van der Waals surface area contributed by atoms with E-state index in [1.54, 1.807) is 18.2 Å². The largest absolute Gasteiger partial charge is 0.495 e. The van der Waals surface area contributed by atoms with Crippen LogP contribution in [0.3, 0.4) is 0 Å². The first-order chi connectivity index (χ1) is 19.8. The molecule has 3 aromatic rings. The first-order valence-electron chi connectivity index (χ1n) is 13.2. The highest BCUT2D eigenvalue weighted by Crippen LogP contribution is 2.31. The summed E-state index contributed by atoms with van der Waals surface area (Å²) < 4.78 is 32.0. The van der Waals surface area contributed by atoms with Gasteiger partial charge in [-0.1, -0.05) is 85.0 Å². The number of halogens is 3. The van der Waals surface area contributed by atoms with Crippen LogP contribution < -0.4 is 14.4 Å². The molecule has 226 valence electrons. The molecule has 0 fully saturated rings. The number of amides is 2. The molecule has 42 heavy (non-hydrogen) atoms. The van der Waals surface area contributed by atoms with Gasteiger partial charge in [0.15, 0.2) is 0 Å². The van der Waals surface area contributed by atoms with Crippen LogP contribution in [0.25, 0.3) is 0 Å². The fourth-order valence-electron chi connectivity index (χ4n) is 4.24. The van der Waals surface area contributed by atoms with Gasteiger partial charge in [-0.15, -0.1) is 0 Å². The number of sulfonamides is 1. The van der Waals surface area contributed by atoms with E-state index in [9.17, 15) is 18.0 Å². The SMILES string of the molecule is COc1ccc(N(CC(=O)N(Cc2ccc(Cl)c(Cl)c2)C(Cc2ccccc2)C(=O)NCC(C)C)S(C)(=O)=O)cc1Cl.